The molecule has 0 spiro atoms. The van der Waals surface area contributed by atoms with Crippen LogP contribution in [0.2, 0.25) is 0 Å². The number of hydrogen-bond acceptors (Lipinski definition) is 3. The molecule has 6 nitrogen and oxygen atoms in total. The zero-order valence-corrected chi connectivity index (χ0v) is 12.1. The van der Waals surface area contributed by atoms with E-state index < -0.39 is 5.60 Å². The van der Waals surface area contributed by atoms with Gasteiger partial charge in [0.2, 0.25) is 0 Å². The number of carbonyl (C=O) groups excluding carboxylic acids is 1. The molecule has 0 aliphatic carbocycles. The van der Waals surface area contributed by atoms with Crippen molar-refractivity contribution < 1.29 is 9.90 Å². The Morgan fingerprint density at radius 1 is 1.58 bits per heavy atom. The van der Waals surface area contributed by atoms with Crippen LogP contribution >= 0.6 is 0 Å². The Kier molecular flexibility index (Phi) is 5.35. The predicted molar refractivity (Wildman–Crippen MR) is 73.5 cm³/mol. The van der Waals surface area contributed by atoms with Gasteiger partial charge in [-0.3, -0.25) is 4.68 Å². The van der Waals surface area contributed by atoms with Crippen molar-refractivity contribution in [2.75, 3.05) is 6.54 Å². The van der Waals surface area contributed by atoms with Gasteiger partial charge in [0.25, 0.3) is 0 Å². The van der Waals surface area contributed by atoms with Gasteiger partial charge in [-0.2, -0.15) is 5.10 Å². The fourth-order valence-corrected chi connectivity index (χ4v) is 1.68. The number of urea groups is 1. The van der Waals surface area contributed by atoms with Crippen LogP contribution in [-0.2, 0) is 13.6 Å². The smallest absolute Gasteiger partial charge is 0.315 e. The minimum absolute atomic E-state index is 0.130. The van der Waals surface area contributed by atoms with Gasteiger partial charge in [-0.05, 0) is 18.9 Å². The van der Waals surface area contributed by atoms with Gasteiger partial charge in [0, 0.05) is 19.8 Å². The van der Waals surface area contributed by atoms with Crippen molar-refractivity contribution in [1.82, 2.24) is 20.4 Å². The molecule has 0 saturated heterocycles. The third kappa shape index (κ3) is 4.55. The third-order valence-electron chi connectivity index (χ3n) is 3.63. The van der Waals surface area contributed by atoms with Gasteiger partial charge in [0.15, 0.2) is 0 Å². The minimum Gasteiger partial charge on any atom is -0.388 e. The molecular formula is C13H24N4O2. The van der Waals surface area contributed by atoms with Gasteiger partial charge in [0.1, 0.15) is 0 Å². The molecule has 2 unspecified atom stereocenters. The molecule has 0 radical (unpaired) electrons. The van der Waals surface area contributed by atoms with E-state index in [9.17, 15) is 9.90 Å². The zero-order valence-electron chi connectivity index (χ0n) is 12.1. The van der Waals surface area contributed by atoms with Crippen molar-refractivity contribution in [2.24, 2.45) is 13.0 Å². The van der Waals surface area contributed by atoms with E-state index in [1.54, 1.807) is 17.8 Å². The molecule has 0 bridgehead atoms. The molecule has 0 aliphatic rings. The summed E-state index contributed by atoms with van der Waals surface area (Å²) in [5.74, 6) is 0.130. The second kappa shape index (κ2) is 6.56. The van der Waals surface area contributed by atoms with Crippen molar-refractivity contribution in [2.45, 2.75) is 39.3 Å². The average Bonchev–Trinajstić information content (AvgIpc) is 2.78. The normalized spacial score (nSPS) is 15.6. The first-order valence-corrected chi connectivity index (χ1v) is 6.57. The van der Waals surface area contributed by atoms with Crippen LogP contribution in [0.4, 0.5) is 4.79 Å². The molecule has 0 saturated carbocycles. The number of aryl methyl sites for hydroxylation is 1. The van der Waals surface area contributed by atoms with Gasteiger partial charge in [-0.25, -0.2) is 4.79 Å². The summed E-state index contributed by atoms with van der Waals surface area (Å²) < 4.78 is 1.70. The fraction of sp³-hybridized carbons (Fsp3) is 0.692. The highest BCUT2D eigenvalue weighted by Crippen LogP contribution is 2.18. The topological polar surface area (TPSA) is 79.2 Å². The number of hydrogen-bond donors (Lipinski definition) is 3. The molecule has 1 heterocycles. The maximum Gasteiger partial charge on any atom is 0.315 e. The molecule has 2 atom stereocenters. The number of aromatic nitrogens is 2. The SMILES string of the molecule is CCC(C)C(C)(O)CNC(=O)NCc1ccnn1C. The summed E-state index contributed by atoms with van der Waals surface area (Å²) in [6.07, 6.45) is 2.55. The predicted octanol–water partition coefficient (Wildman–Crippen LogP) is 1.02. The number of aliphatic hydroxyl groups is 1. The van der Waals surface area contributed by atoms with E-state index in [0.29, 0.717) is 6.54 Å². The molecule has 3 N–H and O–H groups in total. The maximum atomic E-state index is 11.6. The lowest BCUT2D eigenvalue weighted by atomic mass is 9.89. The van der Waals surface area contributed by atoms with Gasteiger partial charge in [-0.1, -0.05) is 20.3 Å². The van der Waals surface area contributed by atoms with E-state index in [1.807, 2.05) is 27.0 Å². The summed E-state index contributed by atoms with van der Waals surface area (Å²) in [7, 11) is 1.82. The highest BCUT2D eigenvalue weighted by Gasteiger charge is 2.27. The zero-order chi connectivity index (χ0) is 14.5. The molecule has 0 aromatic carbocycles. The molecule has 1 aromatic heterocycles. The molecule has 1 aromatic rings. The summed E-state index contributed by atoms with van der Waals surface area (Å²) in [4.78, 5) is 11.6. The lowest BCUT2D eigenvalue weighted by Crippen LogP contribution is -2.47. The maximum absolute atomic E-state index is 11.6. The minimum atomic E-state index is -0.890. The van der Waals surface area contributed by atoms with Gasteiger partial charge in [0.05, 0.1) is 17.8 Å². The second-order valence-electron chi connectivity index (χ2n) is 5.15. The molecule has 0 fully saturated rings. The summed E-state index contributed by atoms with van der Waals surface area (Å²) in [5, 5.41) is 19.6. The molecule has 0 aliphatic heterocycles. The lowest BCUT2D eigenvalue weighted by molar-refractivity contribution is 0.00790. The highest BCUT2D eigenvalue weighted by molar-refractivity contribution is 5.73. The Hall–Kier alpha value is -1.56. The number of carbonyl (C=O) groups is 1. The first-order chi connectivity index (χ1) is 8.86. The van der Waals surface area contributed by atoms with Crippen LogP contribution in [0, 0.1) is 5.92 Å². The Morgan fingerprint density at radius 2 is 2.26 bits per heavy atom. The van der Waals surface area contributed by atoms with E-state index in [4.69, 9.17) is 0 Å². The molecule has 19 heavy (non-hydrogen) atoms. The van der Waals surface area contributed by atoms with E-state index in [0.717, 1.165) is 12.1 Å². The molecule has 1 rings (SSSR count). The van der Waals surface area contributed by atoms with Crippen molar-refractivity contribution in [3.63, 3.8) is 0 Å². The van der Waals surface area contributed by atoms with E-state index in [1.165, 1.54) is 0 Å². The van der Waals surface area contributed by atoms with Crippen LogP contribution < -0.4 is 10.6 Å². The lowest BCUT2D eigenvalue weighted by Gasteiger charge is -2.29. The van der Waals surface area contributed by atoms with Crippen LogP contribution in [-0.4, -0.2) is 33.1 Å². The Morgan fingerprint density at radius 3 is 2.79 bits per heavy atom. The summed E-state index contributed by atoms with van der Waals surface area (Å²) in [6, 6.07) is 1.56. The summed E-state index contributed by atoms with van der Waals surface area (Å²) in [6.45, 7) is 6.37. The number of nitrogens with one attached hydrogen (secondary N) is 2. The molecule has 2 amide bonds. The van der Waals surface area contributed by atoms with Crippen LogP contribution in [0.15, 0.2) is 12.3 Å². The van der Waals surface area contributed by atoms with Gasteiger partial charge in [-0.15, -0.1) is 0 Å². The first kappa shape index (κ1) is 15.5. The highest BCUT2D eigenvalue weighted by atomic mass is 16.3. The number of nitrogens with zero attached hydrogens (tertiary/aromatic N) is 2. The number of amides is 2. The van der Waals surface area contributed by atoms with E-state index in [2.05, 4.69) is 15.7 Å². The van der Waals surface area contributed by atoms with Crippen LogP contribution in [0.1, 0.15) is 32.9 Å². The van der Waals surface area contributed by atoms with Crippen molar-refractivity contribution in [3.05, 3.63) is 18.0 Å². The largest absolute Gasteiger partial charge is 0.388 e. The molecule has 108 valence electrons. The first-order valence-electron chi connectivity index (χ1n) is 6.57. The van der Waals surface area contributed by atoms with Crippen LogP contribution in [0.5, 0.6) is 0 Å². The van der Waals surface area contributed by atoms with Crippen LogP contribution in [0.3, 0.4) is 0 Å². The summed E-state index contributed by atoms with van der Waals surface area (Å²) >= 11 is 0. The van der Waals surface area contributed by atoms with Crippen LogP contribution in [0.25, 0.3) is 0 Å². The van der Waals surface area contributed by atoms with Gasteiger partial charge < -0.3 is 15.7 Å². The van der Waals surface area contributed by atoms with E-state index in [-0.39, 0.29) is 18.5 Å². The standard InChI is InChI=1S/C13H24N4O2/c1-5-10(2)13(3,19)9-15-12(18)14-8-11-6-7-16-17(11)4/h6-7,10,19H,5,8-9H2,1-4H3,(H2,14,15,18). The monoisotopic (exact) mass is 268 g/mol. The van der Waals surface area contributed by atoms with Crippen molar-refractivity contribution >= 4 is 6.03 Å². The summed E-state index contributed by atoms with van der Waals surface area (Å²) in [5.41, 5.74) is 0.0300. The number of rotatable bonds is 6. The fourth-order valence-electron chi connectivity index (χ4n) is 1.68. The van der Waals surface area contributed by atoms with Crippen molar-refractivity contribution in [1.29, 1.82) is 0 Å². The molecule has 6 heteroatoms. The Balaban J connectivity index is 2.34. The molecular weight excluding hydrogens is 244 g/mol. The quantitative estimate of drug-likeness (QED) is 0.720. The average molecular weight is 268 g/mol. The third-order valence-corrected chi connectivity index (χ3v) is 3.63. The van der Waals surface area contributed by atoms with Crippen molar-refractivity contribution in [3.8, 4) is 0 Å². The van der Waals surface area contributed by atoms with E-state index >= 15 is 0 Å². The Labute approximate surface area is 114 Å². The second-order valence-corrected chi connectivity index (χ2v) is 5.15. The van der Waals surface area contributed by atoms with Gasteiger partial charge >= 0.3 is 6.03 Å². The Bertz CT molecular complexity index is 415.